The van der Waals surface area contributed by atoms with Crippen LogP contribution < -0.4 is 16.1 Å². The summed E-state index contributed by atoms with van der Waals surface area (Å²) >= 11 is 1.37. The molecular formula is C18H20N4O2S. The van der Waals surface area contributed by atoms with E-state index in [2.05, 4.69) is 14.9 Å². The van der Waals surface area contributed by atoms with Crippen molar-refractivity contribution >= 4 is 26.8 Å². The third-order valence-electron chi connectivity index (χ3n) is 4.89. The summed E-state index contributed by atoms with van der Waals surface area (Å²) < 4.78 is 1.73. The van der Waals surface area contributed by atoms with E-state index in [9.17, 15) is 9.59 Å². The van der Waals surface area contributed by atoms with E-state index in [0.29, 0.717) is 16.0 Å². The van der Waals surface area contributed by atoms with Crippen molar-refractivity contribution in [1.29, 1.82) is 0 Å². The largest absolute Gasteiger partial charge is 0.348 e. The number of benzene rings is 1. The van der Waals surface area contributed by atoms with Gasteiger partial charge >= 0.3 is 5.69 Å². The highest BCUT2D eigenvalue weighted by molar-refractivity contribution is 7.22. The molecule has 3 aromatic rings. The Morgan fingerprint density at radius 2 is 1.88 bits per heavy atom. The molecule has 1 fully saturated rings. The van der Waals surface area contributed by atoms with Gasteiger partial charge in [-0.1, -0.05) is 23.5 Å². The van der Waals surface area contributed by atoms with Crippen molar-refractivity contribution in [1.82, 2.24) is 14.5 Å². The molecule has 0 radical (unpaired) electrons. The van der Waals surface area contributed by atoms with Gasteiger partial charge in [0.1, 0.15) is 4.70 Å². The van der Waals surface area contributed by atoms with E-state index in [1.54, 1.807) is 6.07 Å². The molecule has 130 valence electrons. The molecule has 4 rings (SSSR count). The van der Waals surface area contributed by atoms with Crippen LogP contribution in [-0.2, 0) is 0 Å². The summed E-state index contributed by atoms with van der Waals surface area (Å²) in [6, 6.07) is 5.63. The number of aromatic nitrogens is 3. The number of hydrogen-bond donors (Lipinski definition) is 1. The molecule has 0 bridgehead atoms. The minimum atomic E-state index is -0.443. The van der Waals surface area contributed by atoms with Crippen LogP contribution in [0.15, 0.2) is 27.8 Å². The molecule has 0 aliphatic carbocycles. The van der Waals surface area contributed by atoms with Crippen molar-refractivity contribution in [3.05, 3.63) is 50.2 Å². The van der Waals surface area contributed by atoms with Gasteiger partial charge < -0.3 is 4.90 Å². The van der Waals surface area contributed by atoms with Gasteiger partial charge in [0.05, 0.1) is 5.69 Å². The highest BCUT2D eigenvalue weighted by Gasteiger charge is 2.19. The molecule has 0 atom stereocenters. The number of aromatic amines is 1. The first kappa shape index (κ1) is 16.1. The van der Waals surface area contributed by atoms with Gasteiger partial charge in [-0.05, 0) is 50.3 Å². The molecule has 0 spiro atoms. The Morgan fingerprint density at radius 3 is 2.64 bits per heavy atom. The maximum Gasteiger partial charge on any atom is 0.334 e. The molecule has 6 nitrogen and oxygen atoms in total. The lowest BCUT2D eigenvalue weighted by Gasteiger charge is -2.25. The fraction of sp³-hybridized carbons (Fsp3) is 0.389. The predicted molar refractivity (Wildman–Crippen MR) is 101 cm³/mol. The van der Waals surface area contributed by atoms with Gasteiger partial charge in [-0.2, -0.15) is 0 Å². The molecule has 0 amide bonds. The molecule has 7 heteroatoms. The summed E-state index contributed by atoms with van der Waals surface area (Å²) in [6.07, 6.45) is 3.51. The zero-order valence-electron chi connectivity index (χ0n) is 14.3. The summed E-state index contributed by atoms with van der Waals surface area (Å²) in [5.74, 6) is 0. The lowest BCUT2D eigenvalue weighted by Crippen LogP contribution is -2.33. The maximum absolute atomic E-state index is 13.0. The number of piperidine rings is 1. The second-order valence-corrected chi connectivity index (χ2v) is 7.49. The number of hydrogen-bond acceptors (Lipinski definition) is 5. The molecule has 1 saturated heterocycles. The Labute approximate surface area is 148 Å². The lowest BCUT2D eigenvalue weighted by molar-refractivity contribution is 0.577. The second-order valence-electron chi connectivity index (χ2n) is 6.51. The number of rotatable bonds is 2. The minimum absolute atomic E-state index is 0.298. The molecule has 1 aliphatic heterocycles. The number of anilines is 1. The average molecular weight is 356 g/mol. The van der Waals surface area contributed by atoms with Crippen molar-refractivity contribution in [3.63, 3.8) is 0 Å². The van der Waals surface area contributed by atoms with Crippen LogP contribution in [0.25, 0.3) is 16.0 Å². The summed E-state index contributed by atoms with van der Waals surface area (Å²) in [5.41, 5.74) is 2.25. The molecule has 1 N–H and O–H groups in total. The van der Waals surface area contributed by atoms with Crippen LogP contribution in [-0.4, -0.2) is 27.6 Å². The van der Waals surface area contributed by atoms with Gasteiger partial charge in [0, 0.05) is 13.1 Å². The Kier molecular flexibility index (Phi) is 3.95. The van der Waals surface area contributed by atoms with E-state index in [1.165, 1.54) is 22.3 Å². The molecule has 3 heterocycles. The van der Waals surface area contributed by atoms with E-state index < -0.39 is 5.69 Å². The SMILES string of the molecule is Cc1cccc(-n2c(=O)[nH]c3nc(N4CCCCC4)sc3c2=O)c1C. The first-order valence-corrected chi connectivity index (χ1v) is 9.35. The van der Waals surface area contributed by atoms with Gasteiger partial charge in [0.2, 0.25) is 0 Å². The smallest absolute Gasteiger partial charge is 0.334 e. The first-order valence-electron chi connectivity index (χ1n) is 8.53. The third-order valence-corrected chi connectivity index (χ3v) is 5.99. The maximum atomic E-state index is 13.0. The lowest BCUT2D eigenvalue weighted by atomic mass is 10.1. The molecule has 1 aliphatic rings. The fourth-order valence-electron chi connectivity index (χ4n) is 3.31. The Bertz CT molecular complexity index is 1060. The van der Waals surface area contributed by atoms with Gasteiger partial charge in [0.25, 0.3) is 5.56 Å². The van der Waals surface area contributed by atoms with Crippen molar-refractivity contribution in [2.24, 2.45) is 0 Å². The summed E-state index contributed by atoms with van der Waals surface area (Å²) in [4.78, 5) is 35.1. The average Bonchev–Trinajstić information content (AvgIpc) is 3.03. The zero-order valence-corrected chi connectivity index (χ0v) is 15.2. The Morgan fingerprint density at radius 1 is 1.12 bits per heavy atom. The molecule has 25 heavy (non-hydrogen) atoms. The highest BCUT2D eigenvalue weighted by Crippen LogP contribution is 2.27. The third kappa shape index (κ3) is 2.68. The monoisotopic (exact) mass is 356 g/mol. The van der Waals surface area contributed by atoms with Crippen LogP contribution in [0.4, 0.5) is 5.13 Å². The normalized spacial score (nSPS) is 15.0. The number of nitrogens with zero attached hydrogens (tertiary/aromatic N) is 3. The number of thiazole rings is 1. The van der Waals surface area contributed by atoms with Crippen LogP contribution >= 0.6 is 11.3 Å². The molecule has 0 saturated carbocycles. The van der Waals surface area contributed by atoms with Crippen molar-refractivity contribution in [2.75, 3.05) is 18.0 Å². The van der Waals surface area contributed by atoms with E-state index in [4.69, 9.17) is 0 Å². The summed E-state index contributed by atoms with van der Waals surface area (Å²) in [6.45, 7) is 5.80. The van der Waals surface area contributed by atoms with Crippen LogP contribution in [0.2, 0.25) is 0 Å². The van der Waals surface area contributed by atoms with E-state index >= 15 is 0 Å². The number of nitrogens with one attached hydrogen (secondary N) is 1. The van der Waals surface area contributed by atoms with Crippen LogP contribution in [0.1, 0.15) is 30.4 Å². The number of aryl methyl sites for hydroxylation is 1. The van der Waals surface area contributed by atoms with Gasteiger partial charge in [-0.25, -0.2) is 14.3 Å². The fourth-order valence-corrected chi connectivity index (χ4v) is 4.31. The Balaban J connectivity index is 1.91. The standard InChI is InChI=1S/C18H20N4O2S/c1-11-7-6-8-13(12(11)2)22-16(23)14-15(19-17(22)24)20-18(25-14)21-9-4-3-5-10-21/h6-8H,3-5,9-10H2,1-2H3,(H,19,24). The molecule has 0 unspecified atom stereocenters. The minimum Gasteiger partial charge on any atom is -0.348 e. The van der Waals surface area contributed by atoms with Crippen molar-refractivity contribution < 1.29 is 0 Å². The van der Waals surface area contributed by atoms with Gasteiger partial charge in [-0.15, -0.1) is 0 Å². The molecular weight excluding hydrogens is 336 g/mol. The topological polar surface area (TPSA) is 71.0 Å². The summed E-state index contributed by atoms with van der Waals surface area (Å²) in [5, 5.41) is 0.821. The second kappa shape index (κ2) is 6.15. The van der Waals surface area contributed by atoms with E-state index in [1.807, 2.05) is 26.0 Å². The Hall–Kier alpha value is -2.41. The first-order chi connectivity index (χ1) is 12.1. The summed E-state index contributed by atoms with van der Waals surface area (Å²) in [7, 11) is 0. The van der Waals surface area contributed by atoms with Gasteiger partial charge in [-0.3, -0.25) is 9.78 Å². The van der Waals surface area contributed by atoms with E-state index in [-0.39, 0.29) is 5.56 Å². The molecule has 1 aromatic carbocycles. The van der Waals surface area contributed by atoms with Crippen molar-refractivity contribution in [2.45, 2.75) is 33.1 Å². The number of fused-ring (bicyclic) bond motifs is 1. The van der Waals surface area contributed by atoms with E-state index in [0.717, 1.165) is 42.2 Å². The quantitative estimate of drug-likeness (QED) is 0.766. The highest BCUT2D eigenvalue weighted by atomic mass is 32.1. The predicted octanol–water partition coefficient (Wildman–Crippen LogP) is 2.74. The van der Waals surface area contributed by atoms with Crippen LogP contribution in [0.3, 0.4) is 0 Å². The van der Waals surface area contributed by atoms with Crippen molar-refractivity contribution in [3.8, 4) is 5.69 Å². The van der Waals surface area contributed by atoms with Gasteiger partial charge in [0.15, 0.2) is 10.8 Å². The molecule has 2 aromatic heterocycles. The van der Waals surface area contributed by atoms with Crippen LogP contribution in [0, 0.1) is 13.8 Å². The number of H-pyrrole nitrogens is 1. The zero-order chi connectivity index (χ0) is 17.6. The van der Waals surface area contributed by atoms with Crippen LogP contribution in [0.5, 0.6) is 0 Å².